The minimum Gasteiger partial charge on any atom is -0.368 e. The molecule has 0 atom stereocenters. The van der Waals surface area contributed by atoms with E-state index in [9.17, 15) is 18.0 Å². The average molecular weight is 560 g/mol. The molecule has 7 rings (SSSR count). The summed E-state index contributed by atoms with van der Waals surface area (Å²) in [6, 6.07) is 9.11. The number of benzene rings is 1. The Morgan fingerprint density at radius 3 is 2.61 bits per heavy atom. The highest BCUT2D eigenvalue weighted by Gasteiger charge is 2.38. The number of hydrogen-bond acceptors (Lipinski definition) is 7. The van der Waals surface area contributed by atoms with Gasteiger partial charge in [0.1, 0.15) is 5.52 Å². The van der Waals surface area contributed by atoms with Crippen LogP contribution in [0.15, 0.2) is 55.0 Å². The number of fused-ring (bicyclic) bond motifs is 4. The Morgan fingerprint density at radius 1 is 0.976 bits per heavy atom. The lowest BCUT2D eigenvalue weighted by molar-refractivity contribution is -0.137. The van der Waals surface area contributed by atoms with E-state index >= 15 is 0 Å². The number of carbonyl (C=O) groups is 1. The number of piperazine rings is 1. The van der Waals surface area contributed by atoms with Gasteiger partial charge in [0.05, 0.1) is 40.9 Å². The monoisotopic (exact) mass is 559 g/mol. The number of nitrogens with one attached hydrogen (secondary N) is 2. The van der Waals surface area contributed by atoms with E-state index in [1.165, 1.54) is 15.9 Å². The molecule has 10 nitrogen and oxygen atoms in total. The van der Waals surface area contributed by atoms with Crippen molar-refractivity contribution >= 4 is 45.2 Å². The molecule has 0 spiro atoms. The van der Waals surface area contributed by atoms with Crippen LogP contribution in [0.4, 0.5) is 35.0 Å². The minimum absolute atomic E-state index is 0.0999. The highest BCUT2D eigenvalue weighted by molar-refractivity contribution is 6.08. The molecule has 0 saturated carbocycles. The second-order valence-electron chi connectivity index (χ2n) is 10.1. The summed E-state index contributed by atoms with van der Waals surface area (Å²) in [4.78, 5) is 31.9. The first-order valence-corrected chi connectivity index (χ1v) is 13.1. The Labute approximate surface area is 231 Å². The van der Waals surface area contributed by atoms with Gasteiger partial charge in [-0.25, -0.2) is 14.8 Å². The first-order valence-electron chi connectivity index (χ1n) is 13.1. The summed E-state index contributed by atoms with van der Waals surface area (Å²) in [5.74, 6) is 0. The van der Waals surface area contributed by atoms with Crippen molar-refractivity contribution in [3.63, 3.8) is 0 Å². The lowest BCUT2D eigenvalue weighted by atomic mass is 10.0. The summed E-state index contributed by atoms with van der Waals surface area (Å²) in [5.41, 5.74) is 3.38. The van der Waals surface area contributed by atoms with Gasteiger partial charge >= 0.3 is 12.2 Å². The van der Waals surface area contributed by atoms with Crippen molar-refractivity contribution in [3.05, 3.63) is 66.1 Å². The van der Waals surface area contributed by atoms with Crippen LogP contribution in [0.25, 0.3) is 33.3 Å². The average Bonchev–Trinajstić information content (AvgIpc) is 3.45. The van der Waals surface area contributed by atoms with E-state index in [0.717, 1.165) is 17.0 Å². The zero-order chi connectivity index (χ0) is 28.3. The smallest absolute Gasteiger partial charge is 0.368 e. The van der Waals surface area contributed by atoms with E-state index < -0.39 is 17.8 Å². The van der Waals surface area contributed by atoms with Crippen LogP contribution in [0.2, 0.25) is 0 Å². The van der Waals surface area contributed by atoms with Gasteiger partial charge in [0.2, 0.25) is 0 Å². The van der Waals surface area contributed by atoms with Gasteiger partial charge in [0, 0.05) is 67.8 Å². The van der Waals surface area contributed by atoms with Crippen molar-refractivity contribution in [2.75, 3.05) is 43.0 Å². The van der Waals surface area contributed by atoms with Crippen molar-refractivity contribution in [1.82, 2.24) is 35.4 Å². The molecule has 1 aromatic carbocycles. The van der Waals surface area contributed by atoms with Crippen LogP contribution in [-0.2, 0) is 12.7 Å². The quantitative estimate of drug-likeness (QED) is 0.330. The fourth-order valence-corrected chi connectivity index (χ4v) is 5.49. The summed E-state index contributed by atoms with van der Waals surface area (Å²) < 4.78 is 43.2. The Morgan fingerprint density at radius 2 is 1.80 bits per heavy atom. The van der Waals surface area contributed by atoms with E-state index in [1.807, 2.05) is 6.07 Å². The van der Waals surface area contributed by atoms with Crippen molar-refractivity contribution in [2.45, 2.75) is 12.7 Å². The lowest BCUT2D eigenvalue weighted by Crippen LogP contribution is -2.44. The normalized spacial score (nSPS) is 16.1. The van der Waals surface area contributed by atoms with Gasteiger partial charge in [-0.3, -0.25) is 15.0 Å². The number of rotatable bonds is 3. The molecule has 4 aromatic heterocycles. The van der Waals surface area contributed by atoms with Crippen molar-refractivity contribution in [3.8, 4) is 11.3 Å². The Balaban J connectivity index is 1.40. The van der Waals surface area contributed by atoms with E-state index in [2.05, 4.69) is 25.5 Å². The molecule has 0 radical (unpaired) electrons. The molecular weight excluding hydrogens is 535 g/mol. The van der Waals surface area contributed by atoms with Gasteiger partial charge < -0.3 is 15.1 Å². The Kier molecular flexibility index (Phi) is 5.78. The number of halogens is 3. The predicted octanol–water partition coefficient (Wildman–Crippen LogP) is 4.70. The summed E-state index contributed by atoms with van der Waals surface area (Å²) in [7, 11) is 1.61. The largest absolute Gasteiger partial charge is 0.418 e. The fraction of sp³-hybridized carbons (Fsp3) is 0.250. The van der Waals surface area contributed by atoms with Gasteiger partial charge in [-0.1, -0.05) is 0 Å². The van der Waals surface area contributed by atoms with Crippen molar-refractivity contribution in [2.24, 2.45) is 0 Å². The molecule has 0 unspecified atom stereocenters. The van der Waals surface area contributed by atoms with E-state index in [1.54, 1.807) is 48.7 Å². The number of hydrogen-bond donors (Lipinski definition) is 2. The van der Waals surface area contributed by atoms with Crippen LogP contribution < -0.4 is 15.1 Å². The van der Waals surface area contributed by atoms with Crippen molar-refractivity contribution < 1.29 is 18.0 Å². The van der Waals surface area contributed by atoms with E-state index in [0.29, 0.717) is 59.8 Å². The minimum atomic E-state index is -4.62. The number of nitrogens with zero attached hydrogens (tertiary/aromatic N) is 7. The second kappa shape index (κ2) is 9.41. The second-order valence-corrected chi connectivity index (χ2v) is 10.1. The van der Waals surface area contributed by atoms with Crippen LogP contribution in [0.3, 0.4) is 0 Å². The molecule has 6 heterocycles. The molecule has 13 heteroatoms. The molecular formula is C28H24F3N9O. The first-order chi connectivity index (χ1) is 19.8. The summed E-state index contributed by atoms with van der Waals surface area (Å²) in [6.45, 7) is 2.35. The maximum Gasteiger partial charge on any atom is 0.418 e. The molecule has 2 aliphatic rings. The van der Waals surface area contributed by atoms with Crippen LogP contribution in [0.5, 0.6) is 0 Å². The number of amides is 2. The molecule has 0 aliphatic carbocycles. The predicted molar refractivity (Wildman–Crippen MR) is 148 cm³/mol. The van der Waals surface area contributed by atoms with Crippen LogP contribution in [-0.4, -0.2) is 69.3 Å². The fourth-order valence-electron chi connectivity index (χ4n) is 5.49. The van der Waals surface area contributed by atoms with Gasteiger partial charge in [-0.2, -0.15) is 18.3 Å². The number of alkyl halides is 3. The van der Waals surface area contributed by atoms with Gasteiger partial charge in [0.15, 0.2) is 5.65 Å². The Bertz CT molecular complexity index is 1810. The third-order valence-electron chi connectivity index (χ3n) is 7.50. The SMILES string of the molecule is CN1Cc2cnc3ccc(-c4cnc5[nH]ncc5c4)nc3c2N(c2ccc(N3CCNCC3)c(C(F)(F)F)c2)C1=O. The first kappa shape index (κ1) is 25.2. The number of aromatic nitrogens is 5. The maximum absolute atomic E-state index is 14.4. The molecule has 2 aliphatic heterocycles. The number of pyridine rings is 3. The lowest BCUT2D eigenvalue weighted by Gasteiger charge is -2.36. The van der Waals surface area contributed by atoms with Gasteiger partial charge in [0.25, 0.3) is 0 Å². The number of carbonyl (C=O) groups excluding carboxylic acids is 1. The highest BCUT2D eigenvalue weighted by Crippen LogP contribution is 2.44. The van der Waals surface area contributed by atoms with Gasteiger partial charge in [-0.15, -0.1) is 0 Å². The molecule has 0 bridgehead atoms. The molecule has 1 fully saturated rings. The number of urea groups is 1. The van der Waals surface area contributed by atoms with Gasteiger partial charge in [-0.05, 0) is 36.4 Å². The molecule has 1 saturated heterocycles. The number of anilines is 3. The standard InChI is InChI=1S/C28H24F3N9O/c1-38-15-18-13-33-22-4-3-21(16-10-17-14-35-37-26(17)34-12-16)36-24(22)25(18)40(27(38)41)19-2-5-23(20(11-19)28(29,30)31)39-8-6-32-7-9-39/h2-5,10-14,32H,6-9,15H2,1H3,(H,34,35,37). The van der Waals surface area contributed by atoms with E-state index in [4.69, 9.17) is 4.98 Å². The third kappa shape index (κ3) is 4.29. The van der Waals surface area contributed by atoms with Crippen LogP contribution in [0.1, 0.15) is 11.1 Å². The summed E-state index contributed by atoms with van der Waals surface area (Å²) >= 11 is 0. The molecule has 2 amide bonds. The third-order valence-corrected chi connectivity index (χ3v) is 7.50. The molecule has 5 aromatic rings. The topological polar surface area (TPSA) is 106 Å². The number of H-pyrrole nitrogens is 1. The Hall–Kier alpha value is -4.78. The van der Waals surface area contributed by atoms with E-state index in [-0.39, 0.29) is 17.9 Å². The molecule has 41 heavy (non-hydrogen) atoms. The molecule has 2 N–H and O–H groups in total. The number of aromatic amines is 1. The molecule has 208 valence electrons. The summed E-state index contributed by atoms with van der Waals surface area (Å²) in [5, 5.41) is 10.8. The van der Waals surface area contributed by atoms with Crippen LogP contribution in [0, 0.1) is 0 Å². The highest BCUT2D eigenvalue weighted by atomic mass is 19.4. The zero-order valence-electron chi connectivity index (χ0n) is 21.9. The zero-order valence-corrected chi connectivity index (χ0v) is 21.9. The van der Waals surface area contributed by atoms with Crippen LogP contribution >= 0.6 is 0 Å². The maximum atomic E-state index is 14.4. The summed E-state index contributed by atoms with van der Waals surface area (Å²) in [6.07, 6.45) is 0.357. The van der Waals surface area contributed by atoms with Crippen molar-refractivity contribution in [1.29, 1.82) is 0 Å².